The predicted molar refractivity (Wildman–Crippen MR) is 267 cm³/mol. The molecule has 2 amide bonds. The van der Waals surface area contributed by atoms with Crippen LogP contribution >= 0.6 is 35.2 Å². The maximum absolute atomic E-state index is 12.9. The Morgan fingerprint density at radius 2 is 1.73 bits per heavy atom. The van der Waals surface area contributed by atoms with Crippen molar-refractivity contribution in [3.05, 3.63) is 36.5 Å². The first kappa shape index (κ1) is 59.3. The number of aromatic nitrogens is 4. The molecular formula is C45H68N7O19P3S. The van der Waals surface area contributed by atoms with E-state index in [1.807, 2.05) is 0 Å². The molecule has 11 N–H and O–H groups in total. The van der Waals surface area contributed by atoms with Crippen LogP contribution in [0.15, 0.2) is 36.5 Å². The van der Waals surface area contributed by atoms with Crippen LogP contribution in [0.1, 0.15) is 92.2 Å². The minimum atomic E-state index is -5.60. The average Bonchev–Trinajstić information content (AvgIpc) is 4.01. The Labute approximate surface area is 436 Å². The first-order valence-electron chi connectivity index (χ1n) is 24.6. The fourth-order valence-corrected chi connectivity index (χ4v) is 15.4. The van der Waals surface area contributed by atoms with E-state index in [0.717, 1.165) is 53.8 Å². The van der Waals surface area contributed by atoms with Gasteiger partial charge in [0.25, 0.3) is 0 Å². The molecule has 2 aromatic rings. The third kappa shape index (κ3) is 13.4. The fraction of sp³-hybridized carbons (Fsp3) is 0.711. The number of nitrogens with zero attached hydrogens (tertiary/aromatic N) is 4. The number of carbonyl (C=O) groups is 4. The average molecular weight is 1140 g/mol. The molecule has 5 aliphatic rings. The van der Waals surface area contributed by atoms with Gasteiger partial charge in [-0.3, -0.25) is 37.3 Å². The van der Waals surface area contributed by atoms with Crippen LogP contribution in [0.2, 0.25) is 0 Å². The van der Waals surface area contributed by atoms with E-state index in [1.54, 1.807) is 6.08 Å². The van der Waals surface area contributed by atoms with Crippen LogP contribution in [0.25, 0.3) is 11.2 Å². The summed E-state index contributed by atoms with van der Waals surface area (Å²) in [4.78, 5) is 102. The quantitative estimate of drug-likeness (QED) is 0.0565. The first-order chi connectivity index (χ1) is 35.0. The van der Waals surface area contributed by atoms with Gasteiger partial charge in [-0.15, -0.1) is 0 Å². The van der Waals surface area contributed by atoms with E-state index in [2.05, 4.69) is 67.3 Å². The Bertz CT molecular complexity index is 2690. The van der Waals surface area contributed by atoms with Gasteiger partial charge in [0.05, 0.1) is 25.6 Å². The number of nitrogens with one attached hydrogen (secondary N) is 2. The normalized spacial score (nSPS) is 32.1. The minimum absolute atomic E-state index is 0.00807. The molecule has 0 aromatic carbocycles. The molecule has 0 spiro atoms. The van der Waals surface area contributed by atoms with Gasteiger partial charge in [-0.1, -0.05) is 58.5 Å². The number of imidazole rings is 1. The van der Waals surface area contributed by atoms with Crippen LogP contribution in [0.3, 0.4) is 0 Å². The third-order valence-electron chi connectivity index (χ3n) is 15.9. The summed E-state index contributed by atoms with van der Waals surface area (Å²) in [6.45, 7) is 7.08. The number of anilines is 1. The highest BCUT2D eigenvalue weighted by Gasteiger charge is 2.62. The molecule has 0 bridgehead atoms. The molecule has 0 radical (unpaired) electrons. The number of phosphoric ester groups is 3. The van der Waals surface area contributed by atoms with E-state index in [-0.39, 0.29) is 76.0 Å². The van der Waals surface area contributed by atoms with Gasteiger partial charge in [0.15, 0.2) is 28.6 Å². The minimum Gasteiger partial charge on any atom is -0.393 e. The van der Waals surface area contributed by atoms with Crippen molar-refractivity contribution in [2.75, 3.05) is 37.8 Å². The highest BCUT2D eigenvalue weighted by atomic mass is 32.2. The van der Waals surface area contributed by atoms with Crippen LogP contribution in [0.5, 0.6) is 0 Å². The number of thioether (sulfide) groups is 1. The van der Waals surface area contributed by atoms with Crippen molar-refractivity contribution in [3.63, 3.8) is 0 Å². The van der Waals surface area contributed by atoms with E-state index in [9.17, 15) is 67.8 Å². The molecule has 26 nitrogen and oxygen atoms in total. The number of hydrogen-bond acceptors (Lipinski definition) is 20. The molecular weight excluding hydrogens is 1070 g/mol. The summed E-state index contributed by atoms with van der Waals surface area (Å²) in [5.41, 5.74) is 4.94. The smallest absolute Gasteiger partial charge is 0.393 e. The van der Waals surface area contributed by atoms with Crippen molar-refractivity contribution in [2.45, 2.75) is 123 Å². The number of aliphatic hydroxyl groups is 3. The van der Waals surface area contributed by atoms with Crippen molar-refractivity contribution in [1.29, 1.82) is 0 Å². The zero-order chi connectivity index (χ0) is 55.1. The Kier molecular flexibility index (Phi) is 18.3. The summed E-state index contributed by atoms with van der Waals surface area (Å²) >= 11 is 1.11. The Hall–Kier alpha value is -3.33. The lowest BCUT2D eigenvalue weighted by Gasteiger charge is -2.58. The maximum atomic E-state index is 12.9. The predicted octanol–water partition coefficient (Wildman–Crippen LogP) is 2.98. The summed E-state index contributed by atoms with van der Waals surface area (Å²) in [6, 6.07) is 0. The van der Waals surface area contributed by atoms with Gasteiger partial charge in [0.2, 0.25) is 11.8 Å². The van der Waals surface area contributed by atoms with E-state index >= 15 is 0 Å². The van der Waals surface area contributed by atoms with Gasteiger partial charge < -0.3 is 56.0 Å². The largest absolute Gasteiger partial charge is 0.481 e. The van der Waals surface area contributed by atoms with Gasteiger partial charge in [-0.05, 0) is 84.2 Å². The van der Waals surface area contributed by atoms with Crippen molar-refractivity contribution in [1.82, 2.24) is 30.2 Å². The summed E-state index contributed by atoms with van der Waals surface area (Å²) in [7, 11) is -16.5. The van der Waals surface area contributed by atoms with Gasteiger partial charge in [-0.2, -0.15) is 4.31 Å². The van der Waals surface area contributed by atoms with E-state index in [0.29, 0.717) is 43.3 Å². The number of ether oxygens (including phenoxy) is 1. The first-order valence-corrected chi connectivity index (χ1v) is 30.1. The van der Waals surface area contributed by atoms with Crippen molar-refractivity contribution >= 4 is 74.9 Å². The second-order valence-corrected chi connectivity index (χ2v) is 26.6. The van der Waals surface area contributed by atoms with Crippen molar-refractivity contribution < 1.29 is 90.4 Å². The standard InChI is InChI=1S/C45H68N7O19P3S/c1-24(28-9-10-29-27-8-7-25-18-26(53)12-14-44(25,4)30(27)19-32(54)45(28,29)5)6-11-34(56)75-17-16-47-33(55)13-15-48-41(59)38(58)43(2,3)21-68-74(65,66)71-73(63,64)67-20-31-37(70-72(60,61)62)36(57)42(69-31)52-23-51-35-39(46)49-22-50-40(35)52/h7-8,18,22-24,27-32,36-38,42,54,57-58H,6,9-17,19-21H2,1-5H3,(H,47,55)(H,48,59)(H,63,64)(H,65,66)(H2,46,49,50)(H2,60,61,62). The molecule has 75 heavy (non-hydrogen) atoms. The summed E-state index contributed by atoms with van der Waals surface area (Å²) in [5.74, 6) is 0.390. The summed E-state index contributed by atoms with van der Waals surface area (Å²) < 4.78 is 62.7. The molecule has 2 aromatic heterocycles. The fourth-order valence-electron chi connectivity index (χ4n) is 11.8. The van der Waals surface area contributed by atoms with E-state index in [1.165, 1.54) is 13.8 Å². The van der Waals surface area contributed by atoms with Crippen LogP contribution < -0.4 is 16.4 Å². The molecule has 15 unspecified atom stereocenters. The number of allylic oxidation sites excluding steroid dienone is 4. The highest BCUT2D eigenvalue weighted by Crippen LogP contribution is 2.67. The second-order valence-electron chi connectivity index (χ2n) is 21.2. The summed E-state index contributed by atoms with van der Waals surface area (Å²) in [6.07, 6.45) is 3.78. The molecule has 30 heteroatoms. The number of ketones is 1. The number of phosphoric acid groups is 3. The number of rotatable bonds is 23. The maximum Gasteiger partial charge on any atom is 0.481 e. The van der Waals surface area contributed by atoms with Crippen molar-refractivity contribution in [2.24, 2.45) is 45.8 Å². The molecule has 2 saturated carbocycles. The summed E-state index contributed by atoms with van der Waals surface area (Å²) in [5, 5.41) is 38.6. The van der Waals surface area contributed by atoms with Crippen LogP contribution in [0.4, 0.5) is 5.82 Å². The lowest BCUT2D eigenvalue weighted by Crippen LogP contribution is -2.55. The van der Waals surface area contributed by atoms with Crippen LogP contribution in [-0.4, -0.2) is 140 Å². The lowest BCUT2D eigenvalue weighted by atomic mass is 9.47. The Morgan fingerprint density at radius 1 is 1.01 bits per heavy atom. The molecule has 3 fully saturated rings. The number of nitrogens with two attached hydrogens (primary N) is 1. The van der Waals surface area contributed by atoms with Gasteiger partial charge >= 0.3 is 23.5 Å². The zero-order valence-corrected chi connectivity index (χ0v) is 45.6. The van der Waals surface area contributed by atoms with E-state index < -0.39 is 90.7 Å². The molecule has 15 atom stereocenters. The molecule has 3 heterocycles. The molecule has 1 aliphatic heterocycles. The number of amides is 2. The van der Waals surface area contributed by atoms with Gasteiger partial charge in [0.1, 0.15) is 36.3 Å². The number of hydrogen-bond donors (Lipinski definition) is 10. The SMILES string of the molecule is CC(CCC(=O)SCCNC(=O)CCNC(=O)C(O)C(C)(C)COP(=O)(O)OP(=O)(O)OCC1OC(n2cnc3c(N)ncnc32)C(O)C1OP(=O)(O)O)C1CCC2C3C=CC4=CC(=O)CCC4(C)C3CC(O)C12C. The van der Waals surface area contributed by atoms with Crippen LogP contribution in [-0.2, 0) is 55.5 Å². The molecule has 418 valence electrons. The lowest BCUT2D eigenvalue weighted by molar-refractivity contribution is -0.137. The molecule has 4 aliphatic carbocycles. The molecule has 7 rings (SSSR count). The van der Waals surface area contributed by atoms with Gasteiger partial charge in [0, 0.05) is 43.5 Å². The second kappa shape index (κ2) is 23.2. The third-order valence-corrected chi connectivity index (χ3v) is 20.0. The van der Waals surface area contributed by atoms with Crippen LogP contribution in [0, 0.1) is 45.8 Å². The van der Waals surface area contributed by atoms with Gasteiger partial charge in [-0.25, -0.2) is 28.6 Å². The Balaban J connectivity index is 0.785. The number of carbonyl (C=O) groups excluding carboxylic acids is 4. The number of fused-ring (bicyclic) bond motifs is 6. The zero-order valence-electron chi connectivity index (χ0n) is 42.1. The topological polar surface area (TPSA) is 401 Å². The van der Waals surface area contributed by atoms with E-state index in [4.69, 9.17) is 19.5 Å². The van der Waals surface area contributed by atoms with Crippen molar-refractivity contribution in [3.8, 4) is 0 Å². The Morgan fingerprint density at radius 3 is 2.45 bits per heavy atom. The monoisotopic (exact) mass is 1140 g/mol. The number of nitrogen functional groups attached to an aromatic ring is 1. The highest BCUT2D eigenvalue weighted by molar-refractivity contribution is 8.13. The number of aliphatic hydroxyl groups excluding tert-OH is 3. The molecule has 1 saturated heterocycles.